The van der Waals surface area contributed by atoms with E-state index >= 15 is 0 Å². The number of hydrogen-bond donors (Lipinski definition) is 2. The molecule has 2 N–H and O–H groups in total. The second-order valence-corrected chi connectivity index (χ2v) is 7.76. The summed E-state index contributed by atoms with van der Waals surface area (Å²) in [4.78, 5) is 31.2. The lowest BCUT2D eigenvalue weighted by Crippen LogP contribution is -2.23. The number of nitrogens with one attached hydrogen (secondary N) is 2. The Kier molecular flexibility index (Phi) is 7.39. The fourth-order valence-corrected chi connectivity index (χ4v) is 3.35. The Hall–Kier alpha value is -1.93. The summed E-state index contributed by atoms with van der Waals surface area (Å²) in [5.41, 5.74) is 1.21. The van der Waals surface area contributed by atoms with E-state index in [9.17, 15) is 9.59 Å². The zero-order chi connectivity index (χ0) is 18.2. The number of methoxy groups -OCH3 is 1. The van der Waals surface area contributed by atoms with Crippen LogP contribution < -0.4 is 15.6 Å². The summed E-state index contributed by atoms with van der Waals surface area (Å²) in [6.45, 7) is 3.83. The van der Waals surface area contributed by atoms with Gasteiger partial charge in [0, 0.05) is 17.5 Å². The first-order valence-corrected chi connectivity index (χ1v) is 9.84. The summed E-state index contributed by atoms with van der Waals surface area (Å²) in [5, 5.41) is 2.89. The van der Waals surface area contributed by atoms with E-state index in [0.29, 0.717) is 16.6 Å². The quantitative estimate of drug-likeness (QED) is 0.541. The van der Waals surface area contributed by atoms with E-state index in [-0.39, 0.29) is 11.5 Å². The first kappa shape index (κ1) is 19.4. The monoisotopic (exact) mass is 379 g/mol. The van der Waals surface area contributed by atoms with E-state index in [1.807, 2.05) is 0 Å². The third kappa shape index (κ3) is 6.13. The number of thioether (sulfide) groups is 2. The van der Waals surface area contributed by atoms with Crippen molar-refractivity contribution in [3.05, 3.63) is 46.4 Å². The second kappa shape index (κ2) is 9.53. The summed E-state index contributed by atoms with van der Waals surface area (Å²) < 4.78 is 5.09. The van der Waals surface area contributed by atoms with Crippen LogP contribution in [-0.2, 0) is 10.5 Å². The van der Waals surface area contributed by atoms with Crippen molar-refractivity contribution < 1.29 is 9.53 Å². The number of benzene rings is 1. The number of aromatic amines is 1. The van der Waals surface area contributed by atoms with Crippen LogP contribution in [0.2, 0.25) is 0 Å². The number of aromatic nitrogens is 2. The van der Waals surface area contributed by atoms with E-state index in [1.165, 1.54) is 17.8 Å². The Morgan fingerprint density at radius 1 is 1.36 bits per heavy atom. The first-order valence-electron chi connectivity index (χ1n) is 7.81. The van der Waals surface area contributed by atoms with Crippen LogP contribution in [0.3, 0.4) is 0 Å². The minimum absolute atomic E-state index is 0.161. The van der Waals surface area contributed by atoms with E-state index in [4.69, 9.17) is 4.74 Å². The molecule has 1 unspecified atom stereocenters. The molecule has 0 saturated carbocycles. The predicted octanol–water partition coefficient (Wildman–Crippen LogP) is 3.15. The molecule has 0 aliphatic carbocycles. The Morgan fingerprint density at radius 3 is 2.72 bits per heavy atom. The highest BCUT2D eigenvalue weighted by Crippen LogP contribution is 2.22. The van der Waals surface area contributed by atoms with Gasteiger partial charge in [-0.05, 0) is 36.9 Å². The summed E-state index contributed by atoms with van der Waals surface area (Å²) in [6, 6.07) is 8.60. The van der Waals surface area contributed by atoms with Crippen molar-refractivity contribution in [3.8, 4) is 5.75 Å². The van der Waals surface area contributed by atoms with Crippen LogP contribution in [-0.4, -0.2) is 34.0 Å². The Balaban J connectivity index is 2.00. The van der Waals surface area contributed by atoms with Gasteiger partial charge in [-0.3, -0.25) is 9.59 Å². The van der Waals surface area contributed by atoms with Crippen LogP contribution in [0.4, 0.5) is 5.69 Å². The molecule has 25 heavy (non-hydrogen) atoms. The second-order valence-electron chi connectivity index (χ2n) is 5.16. The number of H-pyrrole nitrogens is 1. The number of rotatable bonds is 8. The maximum Gasteiger partial charge on any atom is 0.251 e. The highest BCUT2D eigenvalue weighted by Gasteiger charge is 2.16. The van der Waals surface area contributed by atoms with Crippen LogP contribution in [0.1, 0.15) is 19.5 Å². The molecule has 134 valence electrons. The lowest BCUT2D eigenvalue weighted by atomic mass is 10.3. The molecule has 2 aromatic rings. The number of nitrogens with zero attached hydrogens (tertiary/aromatic N) is 1. The predicted molar refractivity (Wildman–Crippen MR) is 104 cm³/mol. The van der Waals surface area contributed by atoms with Gasteiger partial charge in [-0.25, -0.2) is 4.98 Å². The van der Waals surface area contributed by atoms with Gasteiger partial charge < -0.3 is 15.0 Å². The van der Waals surface area contributed by atoms with Crippen molar-refractivity contribution in [1.29, 1.82) is 0 Å². The molecule has 1 aromatic carbocycles. The zero-order valence-corrected chi connectivity index (χ0v) is 16.0. The lowest BCUT2D eigenvalue weighted by molar-refractivity contribution is -0.115. The molecule has 0 aliphatic rings. The average molecular weight is 380 g/mol. The molecule has 1 aromatic heterocycles. The van der Waals surface area contributed by atoms with E-state index in [1.54, 1.807) is 50.1 Å². The van der Waals surface area contributed by atoms with E-state index < -0.39 is 5.25 Å². The number of carbonyl (C=O) groups is 1. The maximum absolute atomic E-state index is 12.3. The van der Waals surface area contributed by atoms with Gasteiger partial charge in [0.1, 0.15) is 5.75 Å². The molecule has 0 aliphatic heterocycles. The van der Waals surface area contributed by atoms with Gasteiger partial charge in [-0.2, -0.15) is 11.8 Å². The maximum atomic E-state index is 12.3. The standard InChI is InChI=1S/C17H21N3O3S2/c1-4-24-10-13-9-15(21)20-17(19-13)25-11(2)16(22)18-12-5-7-14(23-3)8-6-12/h5-9,11H,4,10H2,1-3H3,(H,18,22)(H,19,20,21). The molecule has 1 amide bonds. The Morgan fingerprint density at radius 2 is 2.08 bits per heavy atom. The van der Waals surface area contributed by atoms with Crippen LogP contribution in [0.5, 0.6) is 5.75 Å². The fourth-order valence-electron chi connectivity index (χ4n) is 1.96. The van der Waals surface area contributed by atoms with Gasteiger partial charge in [-0.1, -0.05) is 18.7 Å². The fraction of sp³-hybridized carbons (Fsp3) is 0.353. The Bertz CT molecular complexity index is 762. The molecular weight excluding hydrogens is 358 g/mol. The summed E-state index contributed by atoms with van der Waals surface area (Å²) in [6.07, 6.45) is 0. The van der Waals surface area contributed by atoms with E-state index in [2.05, 4.69) is 22.2 Å². The van der Waals surface area contributed by atoms with Crippen molar-refractivity contribution in [3.63, 3.8) is 0 Å². The van der Waals surface area contributed by atoms with Crippen LogP contribution in [0.25, 0.3) is 0 Å². The lowest BCUT2D eigenvalue weighted by Gasteiger charge is -2.12. The van der Waals surface area contributed by atoms with Crippen LogP contribution in [0, 0.1) is 0 Å². The summed E-state index contributed by atoms with van der Waals surface area (Å²) in [7, 11) is 1.59. The molecule has 0 spiro atoms. The van der Waals surface area contributed by atoms with Gasteiger partial charge in [0.15, 0.2) is 5.16 Å². The van der Waals surface area contributed by atoms with Crippen molar-refractivity contribution in [2.45, 2.75) is 30.0 Å². The molecule has 6 nitrogen and oxygen atoms in total. The first-order chi connectivity index (χ1) is 12.0. The third-order valence-corrected chi connectivity index (χ3v) is 5.13. The van der Waals surface area contributed by atoms with Gasteiger partial charge in [0.05, 0.1) is 18.1 Å². The van der Waals surface area contributed by atoms with Crippen molar-refractivity contribution in [2.24, 2.45) is 0 Å². The van der Waals surface area contributed by atoms with Gasteiger partial charge in [0.2, 0.25) is 5.91 Å². The van der Waals surface area contributed by atoms with Gasteiger partial charge in [0.25, 0.3) is 5.56 Å². The highest BCUT2D eigenvalue weighted by atomic mass is 32.2. The smallest absolute Gasteiger partial charge is 0.251 e. The molecule has 8 heteroatoms. The molecule has 1 atom stereocenters. The topological polar surface area (TPSA) is 84.1 Å². The minimum Gasteiger partial charge on any atom is -0.497 e. The number of ether oxygens (including phenoxy) is 1. The van der Waals surface area contributed by atoms with Crippen LogP contribution in [0.15, 0.2) is 40.3 Å². The number of hydrogen-bond acceptors (Lipinski definition) is 6. The summed E-state index contributed by atoms with van der Waals surface area (Å²) >= 11 is 2.92. The molecule has 0 bridgehead atoms. The molecule has 2 rings (SSSR count). The number of anilines is 1. The molecule has 0 radical (unpaired) electrons. The van der Waals surface area contributed by atoms with Crippen LogP contribution >= 0.6 is 23.5 Å². The van der Waals surface area contributed by atoms with Crippen molar-refractivity contribution in [2.75, 3.05) is 18.2 Å². The van der Waals surface area contributed by atoms with E-state index in [0.717, 1.165) is 17.2 Å². The normalized spacial score (nSPS) is 11.8. The molecule has 0 fully saturated rings. The van der Waals surface area contributed by atoms with Crippen molar-refractivity contribution >= 4 is 35.1 Å². The van der Waals surface area contributed by atoms with Gasteiger partial charge in [-0.15, -0.1) is 0 Å². The summed E-state index contributed by atoms with van der Waals surface area (Å²) in [5.74, 6) is 2.20. The van der Waals surface area contributed by atoms with Crippen molar-refractivity contribution in [1.82, 2.24) is 9.97 Å². The van der Waals surface area contributed by atoms with Gasteiger partial charge >= 0.3 is 0 Å². The Labute approximate surface area is 155 Å². The molecule has 0 saturated heterocycles. The SMILES string of the molecule is CCSCc1cc(=O)[nH]c(SC(C)C(=O)Nc2ccc(OC)cc2)n1. The average Bonchev–Trinajstić information content (AvgIpc) is 2.60. The number of amides is 1. The molecule has 1 heterocycles. The largest absolute Gasteiger partial charge is 0.497 e. The molecular formula is C17H21N3O3S2. The number of carbonyl (C=O) groups excluding carboxylic acids is 1. The highest BCUT2D eigenvalue weighted by molar-refractivity contribution is 8.00. The third-order valence-electron chi connectivity index (χ3n) is 3.24. The minimum atomic E-state index is -0.403. The zero-order valence-electron chi connectivity index (χ0n) is 14.4.